The van der Waals surface area contributed by atoms with E-state index in [1.807, 2.05) is 42.5 Å². The Hall–Kier alpha value is -5.02. The van der Waals surface area contributed by atoms with E-state index in [1.165, 1.54) is 10.6 Å². The van der Waals surface area contributed by atoms with E-state index < -0.39 is 11.4 Å². The van der Waals surface area contributed by atoms with Gasteiger partial charge in [0.25, 0.3) is 5.56 Å². The highest BCUT2D eigenvalue weighted by Crippen LogP contribution is 2.41. The van der Waals surface area contributed by atoms with Gasteiger partial charge < -0.3 is 20.6 Å². The van der Waals surface area contributed by atoms with Crippen LogP contribution in [-0.4, -0.2) is 31.7 Å². The minimum atomic E-state index is -0.533. The number of pyridine rings is 1. The molecule has 9 heteroatoms. The third-order valence-corrected chi connectivity index (χ3v) is 7.76. The summed E-state index contributed by atoms with van der Waals surface area (Å²) in [5.74, 6) is 0.631. The molecular weight excluding hydrogens is 521 g/mol. The fraction of sp³-hybridized carbons (Fsp3) is 0.156. The van der Waals surface area contributed by atoms with Crippen molar-refractivity contribution in [1.82, 2.24) is 19.5 Å². The van der Waals surface area contributed by atoms with Crippen molar-refractivity contribution in [3.8, 4) is 34.0 Å². The Morgan fingerprint density at radius 1 is 1.10 bits per heavy atom. The van der Waals surface area contributed by atoms with Crippen LogP contribution in [0.1, 0.15) is 29.9 Å². The number of hydrogen-bond donors (Lipinski definition) is 3. The Kier molecular flexibility index (Phi) is 5.83. The minimum absolute atomic E-state index is 0.0228. The van der Waals surface area contributed by atoms with Gasteiger partial charge in [0.2, 0.25) is 5.95 Å². The number of H-pyrrole nitrogens is 1. The number of nitrogen functional groups attached to an aromatic ring is 1. The quantitative estimate of drug-likeness (QED) is 0.246. The number of benzene rings is 3. The predicted octanol–water partition coefficient (Wildman–Crippen LogP) is 5.70. The maximum atomic E-state index is 15.2. The Morgan fingerprint density at radius 2 is 1.90 bits per heavy atom. The summed E-state index contributed by atoms with van der Waals surface area (Å²) in [7, 11) is 1.61. The molecule has 0 unspecified atom stereocenters. The highest BCUT2D eigenvalue weighted by Gasteiger charge is 2.25. The summed E-state index contributed by atoms with van der Waals surface area (Å²) in [5.41, 5.74) is 10.8. The number of nitrogens with two attached hydrogens (primary N) is 1. The number of halogens is 1. The van der Waals surface area contributed by atoms with Gasteiger partial charge in [0.1, 0.15) is 17.2 Å². The van der Waals surface area contributed by atoms with Gasteiger partial charge in [-0.25, -0.2) is 9.37 Å². The van der Waals surface area contributed by atoms with Gasteiger partial charge in [-0.2, -0.15) is 4.98 Å². The number of hydrogen-bond acceptors (Lipinski definition) is 6. The molecule has 0 bridgehead atoms. The molecule has 7 rings (SSSR count). The van der Waals surface area contributed by atoms with Crippen LogP contribution in [0, 0.1) is 5.82 Å². The lowest BCUT2D eigenvalue weighted by molar-refractivity contribution is 0.282. The van der Waals surface area contributed by atoms with Crippen molar-refractivity contribution in [3.63, 3.8) is 0 Å². The molecule has 1 aliphatic carbocycles. The van der Waals surface area contributed by atoms with Gasteiger partial charge in [-0.15, -0.1) is 0 Å². The van der Waals surface area contributed by atoms with Gasteiger partial charge in [0, 0.05) is 28.4 Å². The van der Waals surface area contributed by atoms with Crippen LogP contribution in [0.5, 0.6) is 5.75 Å². The Morgan fingerprint density at radius 3 is 2.63 bits per heavy atom. The van der Waals surface area contributed by atoms with Gasteiger partial charge >= 0.3 is 0 Å². The molecule has 1 aliphatic rings. The Bertz CT molecular complexity index is 2030. The van der Waals surface area contributed by atoms with Crippen molar-refractivity contribution < 1.29 is 14.2 Å². The lowest BCUT2D eigenvalue weighted by atomic mass is 10.00. The second-order valence-electron chi connectivity index (χ2n) is 10.3. The third kappa shape index (κ3) is 4.22. The van der Waals surface area contributed by atoms with Crippen molar-refractivity contribution in [1.29, 1.82) is 0 Å². The second kappa shape index (κ2) is 9.57. The summed E-state index contributed by atoms with van der Waals surface area (Å²) in [6, 6.07) is 19.9. The van der Waals surface area contributed by atoms with Gasteiger partial charge in [-0.3, -0.25) is 9.36 Å². The highest BCUT2D eigenvalue weighted by atomic mass is 19.1. The van der Waals surface area contributed by atoms with E-state index in [4.69, 9.17) is 10.5 Å². The van der Waals surface area contributed by atoms with Crippen LogP contribution in [0.25, 0.3) is 50.0 Å². The lowest BCUT2D eigenvalue weighted by Crippen LogP contribution is -2.20. The second-order valence-corrected chi connectivity index (χ2v) is 10.3. The average molecular weight is 548 g/mol. The fourth-order valence-corrected chi connectivity index (χ4v) is 5.54. The monoisotopic (exact) mass is 547 g/mol. The normalized spacial score (nSPS) is 13.2. The summed E-state index contributed by atoms with van der Waals surface area (Å²) >= 11 is 0. The number of aromatic nitrogens is 4. The third-order valence-electron chi connectivity index (χ3n) is 7.76. The van der Waals surface area contributed by atoms with E-state index in [0.717, 1.165) is 35.4 Å². The number of nitrogens with zero attached hydrogens (tertiary/aromatic N) is 3. The molecule has 1 saturated carbocycles. The van der Waals surface area contributed by atoms with Crippen LogP contribution in [-0.2, 0) is 6.61 Å². The van der Waals surface area contributed by atoms with Crippen LogP contribution in [0.4, 0.5) is 10.3 Å². The number of aliphatic hydroxyl groups is 1. The zero-order valence-corrected chi connectivity index (χ0v) is 22.2. The number of fused-ring (bicyclic) bond motifs is 2. The van der Waals surface area contributed by atoms with E-state index in [-0.39, 0.29) is 17.9 Å². The van der Waals surface area contributed by atoms with Crippen molar-refractivity contribution in [3.05, 3.63) is 100 Å². The molecule has 0 spiro atoms. The molecule has 3 aromatic heterocycles. The maximum absolute atomic E-state index is 15.2. The molecule has 6 aromatic rings. The molecule has 0 atom stereocenters. The average Bonchev–Trinajstić information content (AvgIpc) is 3.75. The molecule has 4 N–H and O–H groups in total. The molecular formula is C32H26FN5O3. The van der Waals surface area contributed by atoms with E-state index in [9.17, 15) is 9.90 Å². The molecule has 0 saturated heterocycles. The molecule has 41 heavy (non-hydrogen) atoms. The number of rotatable bonds is 6. The minimum Gasteiger partial charge on any atom is -0.497 e. The van der Waals surface area contributed by atoms with Gasteiger partial charge in [-0.05, 0) is 83.8 Å². The number of ether oxygens (including phenoxy) is 1. The smallest absolute Gasteiger partial charge is 0.265 e. The first-order valence-corrected chi connectivity index (χ1v) is 13.3. The number of methoxy groups -OCH3 is 1. The molecule has 0 amide bonds. The lowest BCUT2D eigenvalue weighted by Gasteiger charge is -2.16. The highest BCUT2D eigenvalue weighted by molar-refractivity contribution is 5.96. The van der Waals surface area contributed by atoms with Gasteiger partial charge in [0.05, 0.1) is 30.5 Å². The number of aliphatic hydroxyl groups excluding tert-OH is 1. The predicted molar refractivity (Wildman–Crippen MR) is 157 cm³/mol. The summed E-state index contributed by atoms with van der Waals surface area (Å²) in [6.45, 7) is -0.389. The van der Waals surface area contributed by atoms with Crippen molar-refractivity contribution in [2.45, 2.75) is 25.4 Å². The van der Waals surface area contributed by atoms with Gasteiger partial charge in [0.15, 0.2) is 0 Å². The van der Waals surface area contributed by atoms with Crippen LogP contribution >= 0.6 is 0 Å². The Balaban J connectivity index is 1.39. The van der Waals surface area contributed by atoms with Crippen molar-refractivity contribution >= 4 is 27.8 Å². The van der Waals surface area contributed by atoms with Crippen molar-refractivity contribution in [2.24, 2.45) is 0 Å². The number of aromatic amines is 1. The Labute approximate surface area is 233 Å². The zero-order chi connectivity index (χ0) is 28.2. The van der Waals surface area contributed by atoms with Crippen LogP contribution < -0.4 is 16.0 Å². The van der Waals surface area contributed by atoms with Crippen LogP contribution in [0.3, 0.4) is 0 Å². The SMILES string of the molecule is COc1ccc(-c2cc3c(-c4cccc(-n5ccc6cc(C7CC7)cc(F)c6c5=O)c4CO)nc(N)nc3[nH]2)cc1. The van der Waals surface area contributed by atoms with Crippen LogP contribution in [0.2, 0.25) is 0 Å². The summed E-state index contributed by atoms with van der Waals surface area (Å²) in [5, 5.41) is 11.9. The van der Waals surface area contributed by atoms with E-state index in [1.54, 1.807) is 31.5 Å². The molecule has 0 radical (unpaired) electrons. The largest absolute Gasteiger partial charge is 0.497 e. The summed E-state index contributed by atoms with van der Waals surface area (Å²) in [4.78, 5) is 25.8. The summed E-state index contributed by atoms with van der Waals surface area (Å²) < 4.78 is 21.9. The summed E-state index contributed by atoms with van der Waals surface area (Å²) in [6.07, 6.45) is 3.71. The molecule has 3 aromatic carbocycles. The van der Waals surface area contributed by atoms with Crippen molar-refractivity contribution in [2.75, 3.05) is 12.8 Å². The fourth-order valence-electron chi connectivity index (χ4n) is 5.54. The van der Waals surface area contributed by atoms with Gasteiger partial charge in [-0.1, -0.05) is 18.2 Å². The maximum Gasteiger partial charge on any atom is 0.265 e. The van der Waals surface area contributed by atoms with Crippen LogP contribution in [0.15, 0.2) is 77.7 Å². The molecule has 204 valence electrons. The molecule has 3 heterocycles. The first-order valence-electron chi connectivity index (χ1n) is 13.3. The van der Waals surface area contributed by atoms with E-state index >= 15 is 4.39 Å². The standard InChI is InChI=1S/C32H26FN5O3/c1-41-21-9-7-18(8-10-21)26-15-23-29(36-32(34)37-30(23)35-26)22-3-2-4-27(24(22)16-39)38-12-11-19-13-20(17-5-6-17)14-25(33)28(19)31(38)40/h2-4,7-15,17,39H,5-6,16H2,1H3,(H3,34,35,36,37). The van der Waals surface area contributed by atoms with E-state index in [0.29, 0.717) is 44.8 Å². The number of anilines is 1. The number of nitrogens with one attached hydrogen (secondary N) is 1. The zero-order valence-electron chi connectivity index (χ0n) is 22.2. The first kappa shape index (κ1) is 25.0. The first-order chi connectivity index (χ1) is 19.9. The molecule has 1 fully saturated rings. The molecule has 0 aliphatic heterocycles. The topological polar surface area (TPSA) is 119 Å². The molecule has 8 nitrogen and oxygen atoms in total. The van der Waals surface area contributed by atoms with E-state index in [2.05, 4.69) is 15.0 Å².